The van der Waals surface area contributed by atoms with Crippen LogP contribution in [0.15, 0.2) is 27.7 Å². The molecule has 0 bridgehead atoms. The molecule has 0 amide bonds. The molecule has 0 saturated carbocycles. The summed E-state index contributed by atoms with van der Waals surface area (Å²) >= 11 is 3.52. The van der Waals surface area contributed by atoms with Crippen molar-refractivity contribution in [2.75, 3.05) is 13.7 Å². The van der Waals surface area contributed by atoms with Crippen LogP contribution in [0.3, 0.4) is 0 Å². The lowest BCUT2D eigenvalue weighted by Crippen LogP contribution is -2.47. The molecular weight excluding hydrogens is 420 g/mol. The average molecular weight is 449 g/mol. The van der Waals surface area contributed by atoms with Gasteiger partial charge in [-0.3, -0.25) is 0 Å². The second-order valence-electron chi connectivity index (χ2n) is 7.25. The van der Waals surface area contributed by atoms with Gasteiger partial charge in [-0.25, -0.2) is 14.7 Å². The van der Waals surface area contributed by atoms with Gasteiger partial charge in [0.05, 0.1) is 20.2 Å². The van der Waals surface area contributed by atoms with Gasteiger partial charge in [0.15, 0.2) is 11.8 Å². The lowest BCUT2D eigenvalue weighted by molar-refractivity contribution is 0.391. The number of hydrogen-bond donors (Lipinski definition) is 2. The third kappa shape index (κ3) is 5.04. The summed E-state index contributed by atoms with van der Waals surface area (Å²) < 4.78 is 8.51. The normalized spacial score (nSPS) is 16.8. The van der Waals surface area contributed by atoms with Crippen LogP contribution in [0.4, 0.5) is 0 Å². The topological polar surface area (TPSA) is 76.4 Å². The highest BCUT2D eigenvalue weighted by Crippen LogP contribution is 2.23. The molecule has 0 radical (unpaired) electrons. The molecule has 1 atom stereocenters. The first-order valence-corrected chi connectivity index (χ1v) is 10.6. The molecule has 1 aliphatic heterocycles. The fourth-order valence-corrected chi connectivity index (χ4v) is 3.65. The molecule has 1 aromatic heterocycles. The van der Waals surface area contributed by atoms with Crippen molar-refractivity contribution in [3.8, 4) is 5.75 Å². The second-order valence-corrected chi connectivity index (χ2v) is 8.17. The Kier molecular flexibility index (Phi) is 6.93. The molecule has 8 heteroatoms. The highest BCUT2D eigenvalue weighted by molar-refractivity contribution is 9.10. The van der Waals surface area contributed by atoms with Crippen molar-refractivity contribution < 1.29 is 4.74 Å². The van der Waals surface area contributed by atoms with Crippen LogP contribution in [0.2, 0.25) is 0 Å². The molecular formula is C20H29BrN6O. The Labute approximate surface area is 175 Å². The molecule has 1 aliphatic rings. The molecule has 0 fully saturated rings. The number of nitrogens with zero attached hydrogens (tertiary/aromatic N) is 4. The molecule has 2 aromatic rings. The van der Waals surface area contributed by atoms with E-state index in [4.69, 9.17) is 9.73 Å². The largest absolute Gasteiger partial charge is 0.496 e. The Bertz CT molecular complexity index is 832. The highest BCUT2D eigenvalue weighted by atomic mass is 79.9. The second kappa shape index (κ2) is 9.41. The Balaban J connectivity index is 1.69. The number of halogens is 1. The molecule has 3 rings (SSSR count). The minimum Gasteiger partial charge on any atom is -0.496 e. The summed E-state index contributed by atoms with van der Waals surface area (Å²) in [6.07, 6.45) is 1.94. The van der Waals surface area contributed by atoms with Crippen molar-refractivity contribution >= 4 is 21.9 Å². The molecule has 7 nitrogen and oxygen atoms in total. The lowest BCUT2D eigenvalue weighted by atomic mass is 10.1. The maximum Gasteiger partial charge on any atom is 0.191 e. The predicted octanol–water partition coefficient (Wildman–Crippen LogP) is 3.24. The number of methoxy groups -OCH3 is 1. The van der Waals surface area contributed by atoms with Crippen molar-refractivity contribution in [3.05, 3.63) is 39.9 Å². The summed E-state index contributed by atoms with van der Waals surface area (Å²) in [4.78, 5) is 9.43. The standard InChI is InChI=1S/C20H29BrN6O/c1-5-22-20(23-11-14-10-15(21)6-8-17(14)28-4)24-16-7-9-18-25-19(13(2)3)26-27(18)12-16/h6,8,10,13,16H,5,7,9,11-12H2,1-4H3,(H2,22,23,24). The van der Waals surface area contributed by atoms with Gasteiger partial charge in [0.2, 0.25) is 0 Å². The lowest BCUT2D eigenvalue weighted by Gasteiger charge is -2.25. The number of aromatic nitrogens is 3. The summed E-state index contributed by atoms with van der Waals surface area (Å²) in [5, 5.41) is 11.6. The minimum absolute atomic E-state index is 0.274. The van der Waals surface area contributed by atoms with Crippen LogP contribution in [-0.4, -0.2) is 40.4 Å². The smallest absolute Gasteiger partial charge is 0.191 e. The number of nitrogens with one attached hydrogen (secondary N) is 2. The van der Waals surface area contributed by atoms with Crippen molar-refractivity contribution in [2.45, 2.75) is 58.7 Å². The van der Waals surface area contributed by atoms with Crippen LogP contribution in [0.5, 0.6) is 5.75 Å². The van der Waals surface area contributed by atoms with Crippen LogP contribution >= 0.6 is 15.9 Å². The first kappa shape index (κ1) is 20.6. The SMILES string of the molecule is CCNC(=NCc1cc(Br)ccc1OC)NC1CCc2nc(C(C)C)nn2C1. The van der Waals surface area contributed by atoms with Crippen LogP contribution in [0, 0.1) is 0 Å². The number of rotatable bonds is 6. The average Bonchev–Trinajstić information content (AvgIpc) is 3.10. The van der Waals surface area contributed by atoms with E-state index in [1.807, 2.05) is 22.9 Å². The monoisotopic (exact) mass is 448 g/mol. The summed E-state index contributed by atoms with van der Waals surface area (Å²) in [6, 6.07) is 6.24. The first-order valence-electron chi connectivity index (χ1n) is 9.81. The van der Waals surface area contributed by atoms with Gasteiger partial charge in [0, 0.05) is 35.0 Å². The zero-order valence-corrected chi connectivity index (χ0v) is 18.6. The van der Waals surface area contributed by atoms with Gasteiger partial charge in [-0.2, -0.15) is 5.10 Å². The van der Waals surface area contributed by atoms with Crippen molar-refractivity contribution in [3.63, 3.8) is 0 Å². The highest BCUT2D eigenvalue weighted by Gasteiger charge is 2.23. The van der Waals surface area contributed by atoms with Crippen molar-refractivity contribution in [1.82, 2.24) is 25.4 Å². The number of guanidine groups is 1. The Hall–Kier alpha value is -2.09. The summed E-state index contributed by atoms with van der Waals surface area (Å²) in [6.45, 7) is 8.48. The van der Waals surface area contributed by atoms with Gasteiger partial charge in [0.1, 0.15) is 11.6 Å². The third-order valence-electron chi connectivity index (χ3n) is 4.73. The van der Waals surface area contributed by atoms with E-state index in [9.17, 15) is 0 Å². The van der Waals surface area contributed by atoms with Crippen molar-refractivity contribution in [1.29, 1.82) is 0 Å². The fourth-order valence-electron chi connectivity index (χ4n) is 3.24. The van der Waals surface area contributed by atoms with E-state index in [1.165, 1.54) is 0 Å². The van der Waals surface area contributed by atoms with Gasteiger partial charge in [0.25, 0.3) is 0 Å². The number of benzene rings is 1. The Morgan fingerprint density at radius 3 is 2.96 bits per heavy atom. The quantitative estimate of drug-likeness (QED) is 0.523. The number of aliphatic imine (C=N–C) groups is 1. The first-order chi connectivity index (χ1) is 13.5. The number of hydrogen-bond acceptors (Lipinski definition) is 4. The third-order valence-corrected chi connectivity index (χ3v) is 5.22. The molecule has 1 aromatic carbocycles. The van der Waals surface area contributed by atoms with E-state index in [0.717, 1.165) is 59.3 Å². The molecule has 2 N–H and O–H groups in total. The van der Waals surface area contributed by atoms with E-state index in [2.05, 4.69) is 57.4 Å². The van der Waals surface area contributed by atoms with E-state index in [0.29, 0.717) is 12.5 Å². The number of ether oxygens (including phenoxy) is 1. The van der Waals surface area contributed by atoms with Crippen LogP contribution in [0.25, 0.3) is 0 Å². The number of aryl methyl sites for hydroxylation is 1. The zero-order chi connectivity index (χ0) is 20.1. The van der Waals surface area contributed by atoms with E-state index in [-0.39, 0.29) is 6.04 Å². The van der Waals surface area contributed by atoms with Crippen LogP contribution in [-0.2, 0) is 19.5 Å². The van der Waals surface area contributed by atoms with Crippen LogP contribution < -0.4 is 15.4 Å². The fraction of sp³-hybridized carbons (Fsp3) is 0.550. The summed E-state index contributed by atoms with van der Waals surface area (Å²) in [5.41, 5.74) is 1.04. The van der Waals surface area contributed by atoms with Crippen LogP contribution in [0.1, 0.15) is 50.3 Å². The van der Waals surface area contributed by atoms with Gasteiger partial charge in [-0.05, 0) is 31.5 Å². The van der Waals surface area contributed by atoms with Gasteiger partial charge < -0.3 is 15.4 Å². The maximum absolute atomic E-state index is 5.45. The molecule has 1 unspecified atom stereocenters. The summed E-state index contributed by atoms with van der Waals surface area (Å²) in [5.74, 6) is 4.01. The van der Waals surface area contributed by atoms with E-state index >= 15 is 0 Å². The Morgan fingerprint density at radius 1 is 1.43 bits per heavy atom. The van der Waals surface area contributed by atoms with E-state index in [1.54, 1.807) is 7.11 Å². The molecule has 0 saturated heterocycles. The number of fused-ring (bicyclic) bond motifs is 1. The van der Waals surface area contributed by atoms with E-state index < -0.39 is 0 Å². The molecule has 152 valence electrons. The molecule has 0 spiro atoms. The molecule has 0 aliphatic carbocycles. The Morgan fingerprint density at radius 2 is 2.25 bits per heavy atom. The van der Waals surface area contributed by atoms with Crippen molar-refractivity contribution in [2.24, 2.45) is 4.99 Å². The zero-order valence-electron chi connectivity index (χ0n) is 17.0. The minimum atomic E-state index is 0.274. The van der Waals surface area contributed by atoms with Gasteiger partial charge in [-0.1, -0.05) is 29.8 Å². The van der Waals surface area contributed by atoms with Gasteiger partial charge >= 0.3 is 0 Å². The molecule has 2 heterocycles. The predicted molar refractivity (Wildman–Crippen MR) is 115 cm³/mol. The van der Waals surface area contributed by atoms with Gasteiger partial charge in [-0.15, -0.1) is 0 Å². The molecule has 28 heavy (non-hydrogen) atoms. The maximum atomic E-state index is 5.45. The summed E-state index contributed by atoms with van der Waals surface area (Å²) in [7, 11) is 1.68.